The highest BCUT2D eigenvalue weighted by atomic mass is 32.1. The van der Waals surface area contributed by atoms with E-state index in [1.54, 1.807) is 29.2 Å². The fraction of sp³-hybridized carbons (Fsp3) is 0.429. The van der Waals surface area contributed by atoms with Gasteiger partial charge in [-0.15, -0.1) is 11.3 Å². The van der Waals surface area contributed by atoms with Gasteiger partial charge in [-0.25, -0.2) is 9.78 Å². The Balaban J connectivity index is 1.49. The molecule has 0 atom stereocenters. The second-order valence-corrected chi connectivity index (χ2v) is 8.97. The van der Waals surface area contributed by atoms with Crippen molar-refractivity contribution in [1.82, 2.24) is 19.4 Å². The lowest BCUT2D eigenvalue weighted by atomic mass is 9.82. The highest BCUT2D eigenvalue weighted by Crippen LogP contribution is 2.43. The van der Waals surface area contributed by atoms with Crippen molar-refractivity contribution in [3.63, 3.8) is 0 Å². The van der Waals surface area contributed by atoms with Crippen molar-refractivity contribution in [3.05, 3.63) is 60.0 Å². The number of nitrogens with zero attached hydrogens (tertiary/aromatic N) is 3. The average molecular weight is 426 g/mol. The second kappa shape index (κ2) is 6.88. The topological polar surface area (TPSA) is 97.3 Å². The van der Waals surface area contributed by atoms with Crippen LogP contribution in [-0.4, -0.2) is 45.0 Å². The molecule has 30 heavy (non-hydrogen) atoms. The zero-order chi connectivity index (χ0) is 21.0. The summed E-state index contributed by atoms with van der Waals surface area (Å²) in [6, 6.07) is 3.78. The molecular formula is C21H22N4O4S. The largest absolute Gasteiger partial charge is 0.370 e. The van der Waals surface area contributed by atoms with Crippen LogP contribution in [0.15, 0.2) is 27.1 Å². The Hall–Kier alpha value is -2.78. The van der Waals surface area contributed by atoms with E-state index in [1.165, 1.54) is 22.1 Å². The van der Waals surface area contributed by atoms with Gasteiger partial charge >= 0.3 is 5.69 Å². The van der Waals surface area contributed by atoms with E-state index >= 15 is 0 Å². The third-order valence-corrected chi connectivity index (χ3v) is 7.21. The molecule has 3 aromatic heterocycles. The first-order valence-corrected chi connectivity index (χ1v) is 10.9. The predicted molar refractivity (Wildman–Crippen MR) is 113 cm³/mol. The van der Waals surface area contributed by atoms with Gasteiger partial charge in [0.15, 0.2) is 0 Å². The van der Waals surface area contributed by atoms with Crippen molar-refractivity contribution in [1.29, 1.82) is 0 Å². The summed E-state index contributed by atoms with van der Waals surface area (Å²) in [6.07, 6.45) is 2.39. The molecule has 3 aromatic rings. The van der Waals surface area contributed by atoms with Gasteiger partial charge in [0, 0.05) is 37.1 Å². The quantitative estimate of drug-likeness (QED) is 0.639. The highest BCUT2D eigenvalue weighted by molar-refractivity contribution is 7.10. The lowest BCUT2D eigenvalue weighted by Crippen LogP contribution is -2.48. The van der Waals surface area contributed by atoms with Gasteiger partial charge in [-0.1, -0.05) is 0 Å². The molecule has 1 N–H and O–H groups in total. The molecule has 1 spiro atoms. The Kier molecular flexibility index (Phi) is 4.41. The summed E-state index contributed by atoms with van der Waals surface area (Å²) in [5, 5.41) is 2.27. The summed E-state index contributed by atoms with van der Waals surface area (Å²) < 4.78 is 7.49. The van der Waals surface area contributed by atoms with Crippen LogP contribution in [0.3, 0.4) is 0 Å². The van der Waals surface area contributed by atoms with Gasteiger partial charge in [0.1, 0.15) is 5.65 Å². The SMILES string of the molecule is Cc1cc(C(=O)N2CCC3(CC2)OCCc2sccc23)c2c(=O)[nH]c(=O)n(C)c2n1. The van der Waals surface area contributed by atoms with E-state index < -0.39 is 11.2 Å². The van der Waals surface area contributed by atoms with Crippen molar-refractivity contribution in [2.24, 2.45) is 7.05 Å². The van der Waals surface area contributed by atoms with E-state index in [1.807, 2.05) is 0 Å². The number of hydrogen-bond acceptors (Lipinski definition) is 6. The van der Waals surface area contributed by atoms with E-state index in [2.05, 4.69) is 21.4 Å². The number of hydrogen-bond donors (Lipinski definition) is 1. The number of carbonyl (C=O) groups is 1. The van der Waals surface area contributed by atoms with Crippen molar-refractivity contribution in [3.8, 4) is 0 Å². The normalized spacial score (nSPS) is 18.0. The van der Waals surface area contributed by atoms with Crippen molar-refractivity contribution >= 4 is 28.3 Å². The molecule has 5 rings (SSSR count). The number of piperidine rings is 1. The zero-order valence-corrected chi connectivity index (χ0v) is 17.7. The number of H-pyrrole nitrogens is 1. The van der Waals surface area contributed by atoms with E-state index in [0.29, 0.717) is 25.4 Å². The molecule has 1 fully saturated rings. The minimum Gasteiger partial charge on any atom is -0.370 e. The summed E-state index contributed by atoms with van der Waals surface area (Å²) in [4.78, 5) is 47.6. The van der Waals surface area contributed by atoms with Crippen molar-refractivity contribution in [2.45, 2.75) is 31.8 Å². The first-order chi connectivity index (χ1) is 14.4. The fourth-order valence-corrected chi connectivity index (χ4v) is 5.59. The number of thiophene rings is 1. The van der Waals surface area contributed by atoms with Crippen molar-refractivity contribution in [2.75, 3.05) is 19.7 Å². The average Bonchev–Trinajstić information content (AvgIpc) is 3.22. The van der Waals surface area contributed by atoms with E-state index in [4.69, 9.17) is 4.74 Å². The van der Waals surface area contributed by atoms with Crippen molar-refractivity contribution < 1.29 is 9.53 Å². The number of amides is 1. The number of fused-ring (bicyclic) bond motifs is 3. The van der Waals surface area contributed by atoms with Crippen LogP contribution >= 0.6 is 11.3 Å². The third-order valence-electron chi connectivity index (χ3n) is 6.23. The van der Waals surface area contributed by atoms with Gasteiger partial charge in [0.05, 0.1) is 23.2 Å². The van der Waals surface area contributed by atoms with Crippen LogP contribution in [0.2, 0.25) is 0 Å². The molecule has 1 amide bonds. The second-order valence-electron chi connectivity index (χ2n) is 7.97. The summed E-state index contributed by atoms with van der Waals surface area (Å²) in [7, 11) is 1.53. The van der Waals surface area contributed by atoms with Gasteiger partial charge < -0.3 is 9.64 Å². The molecule has 0 aliphatic carbocycles. The molecule has 1 saturated heterocycles. The standard InChI is InChI=1S/C21H22N4O4S/c1-12-11-13(16-17(22-12)24(2)20(28)23-18(16)26)19(27)25-7-5-21(6-8-25)14-4-10-30-15(14)3-9-29-21/h4,10-11H,3,5-9H2,1-2H3,(H,23,26,28). The molecule has 0 bridgehead atoms. The Bertz CT molecular complexity index is 1280. The first-order valence-electron chi connectivity index (χ1n) is 10.0. The maximum Gasteiger partial charge on any atom is 0.329 e. The van der Waals surface area contributed by atoms with Gasteiger partial charge in [-0.3, -0.25) is 19.1 Å². The van der Waals surface area contributed by atoms with Crippen LogP contribution in [0.5, 0.6) is 0 Å². The molecule has 2 aliphatic rings. The Morgan fingerprint density at radius 1 is 1.30 bits per heavy atom. The van der Waals surface area contributed by atoms with Crippen LogP contribution in [0.25, 0.3) is 11.0 Å². The van der Waals surface area contributed by atoms with Gasteiger partial charge in [-0.05, 0) is 42.8 Å². The van der Waals surface area contributed by atoms with Crippen LogP contribution in [0.4, 0.5) is 0 Å². The van der Waals surface area contributed by atoms with Gasteiger partial charge in [0.25, 0.3) is 11.5 Å². The van der Waals surface area contributed by atoms with Crippen LogP contribution in [0, 0.1) is 6.92 Å². The summed E-state index contributed by atoms with van der Waals surface area (Å²) in [6.45, 7) is 3.54. The maximum atomic E-state index is 13.4. The lowest BCUT2D eigenvalue weighted by Gasteiger charge is -2.44. The summed E-state index contributed by atoms with van der Waals surface area (Å²) >= 11 is 1.77. The molecule has 0 saturated carbocycles. The molecule has 0 aromatic carbocycles. The molecule has 156 valence electrons. The number of nitrogens with one attached hydrogen (secondary N) is 1. The Morgan fingerprint density at radius 2 is 2.07 bits per heavy atom. The number of rotatable bonds is 1. The number of carbonyl (C=O) groups excluding carboxylic acids is 1. The molecular weight excluding hydrogens is 404 g/mol. The van der Waals surface area contributed by atoms with E-state index in [0.717, 1.165) is 19.3 Å². The van der Waals surface area contributed by atoms with Crippen LogP contribution in [0.1, 0.15) is 39.3 Å². The molecule has 2 aliphatic heterocycles. The minimum absolute atomic E-state index is 0.155. The number of ether oxygens (including phenoxy) is 1. The summed E-state index contributed by atoms with van der Waals surface area (Å²) in [5.41, 5.74) is 0.897. The monoisotopic (exact) mass is 426 g/mol. The summed E-state index contributed by atoms with van der Waals surface area (Å²) in [5.74, 6) is -0.217. The van der Waals surface area contributed by atoms with Gasteiger partial charge in [-0.2, -0.15) is 0 Å². The molecule has 8 nitrogen and oxygen atoms in total. The first kappa shape index (κ1) is 19.2. The minimum atomic E-state index is -0.587. The molecule has 5 heterocycles. The van der Waals surface area contributed by atoms with E-state index in [-0.39, 0.29) is 28.1 Å². The highest BCUT2D eigenvalue weighted by Gasteiger charge is 2.42. The number of aryl methyl sites for hydroxylation is 2. The maximum absolute atomic E-state index is 13.4. The third kappa shape index (κ3) is 2.84. The zero-order valence-electron chi connectivity index (χ0n) is 16.9. The number of aromatic nitrogens is 3. The number of likely N-dealkylation sites (tertiary alicyclic amines) is 1. The van der Waals surface area contributed by atoms with Crippen LogP contribution in [-0.2, 0) is 23.8 Å². The predicted octanol–water partition coefficient (Wildman–Crippen LogP) is 1.70. The van der Waals surface area contributed by atoms with Crippen LogP contribution < -0.4 is 11.2 Å². The molecule has 9 heteroatoms. The number of pyridine rings is 1. The van der Waals surface area contributed by atoms with Gasteiger partial charge in [0.2, 0.25) is 0 Å². The lowest BCUT2D eigenvalue weighted by molar-refractivity contribution is -0.0926. The molecule has 0 radical (unpaired) electrons. The number of aromatic amines is 1. The smallest absolute Gasteiger partial charge is 0.329 e. The van der Waals surface area contributed by atoms with E-state index in [9.17, 15) is 14.4 Å². The Morgan fingerprint density at radius 3 is 2.83 bits per heavy atom. The molecule has 0 unspecified atom stereocenters. The fourth-order valence-electron chi connectivity index (χ4n) is 4.64. The Labute approximate surface area is 176 Å².